The first kappa shape index (κ1) is 11.2. The van der Waals surface area contributed by atoms with Crippen LogP contribution in [0.1, 0.15) is 22.3 Å². The molecule has 1 aromatic carbocycles. The SMILES string of the molecule is CNCCC(=O)c1ccc(C)c(Cl)c1. The van der Waals surface area contributed by atoms with E-state index in [1.54, 1.807) is 6.07 Å². The van der Waals surface area contributed by atoms with E-state index in [1.165, 1.54) is 0 Å². The van der Waals surface area contributed by atoms with Crippen molar-refractivity contribution in [2.45, 2.75) is 13.3 Å². The van der Waals surface area contributed by atoms with E-state index in [4.69, 9.17) is 11.6 Å². The molecule has 0 spiro atoms. The van der Waals surface area contributed by atoms with E-state index in [-0.39, 0.29) is 5.78 Å². The Morgan fingerprint density at radius 1 is 1.50 bits per heavy atom. The van der Waals surface area contributed by atoms with Crippen molar-refractivity contribution in [3.63, 3.8) is 0 Å². The molecule has 0 aliphatic heterocycles. The number of Topliss-reactive ketones (excluding diaryl/α,β-unsaturated/α-hetero) is 1. The van der Waals surface area contributed by atoms with Gasteiger partial charge in [0.1, 0.15) is 0 Å². The average molecular weight is 212 g/mol. The molecule has 0 fully saturated rings. The third-order valence-electron chi connectivity index (χ3n) is 2.10. The third-order valence-corrected chi connectivity index (χ3v) is 2.50. The van der Waals surface area contributed by atoms with Crippen LogP contribution in [-0.4, -0.2) is 19.4 Å². The number of benzene rings is 1. The Morgan fingerprint density at radius 3 is 2.79 bits per heavy atom. The van der Waals surface area contributed by atoms with Gasteiger partial charge in [-0.2, -0.15) is 0 Å². The van der Waals surface area contributed by atoms with Gasteiger partial charge in [0, 0.05) is 23.6 Å². The zero-order valence-corrected chi connectivity index (χ0v) is 9.19. The van der Waals surface area contributed by atoms with Crippen LogP contribution >= 0.6 is 11.6 Å². The predicted molar refractivity (Wildman–Crippen MR) is 59.1 cm³/mol. The second-order valence-electron chi connectivity index (χ2n) is 3.24. The lowest BCUT2D eigenvalue weighted by molar-refractivity contribution is 0.0983. The highest BCUT2D eigenvalue weighted by atomic mass is 35.5. The Kier molecular flexibility index (Phi) is 4.11. The van der Waals surface area contributed by atoms with Crippen LogP contribution in [0, 0.1) is 6.92 Å². The first-order valence-electron chi connectivity index (χ1n) is 4.59. The van der Waals surface area contributed by atoms with Gasteiger partial charge >= 0.3 is 0 Å². The molecule has 1 N–H and O–H groups in total. The summed E-state index contributed by atoms with van der Waals surface area (Å²) in [5, 5.41) is 3.59. The minimum atomic E-state index is 0.126. The predicted octanol–water partition coefficient (Wildman–Crippen LogP) is 2.44. The second kappa shape index (κ2) is 5.13. The number of halogens is 1. The fourth-order valence-electron chi connectivity index (χ4n) is 1.15. The van der Waals surface area contributed by atoms with Crippen molar-refractivity contribution in [1.82, 2.24) is 5.32 Å². The highest BCUT2D eigenvalue weighted by Gasteiger charge is 2.06. The molecule has 0 bridgehead atoms. The average Bonchev–Trinajstić information content (AvgIpc) is 2.18. The fourth-order valence-corrected chi connectivity index (χ4v) is 1.33. The maximum absolute atomic E-state index is 11.6. The van der Waals surface area contributed by atoms with Gasteiger partial charge in [-0.15, -0.1) is 0 Å². The molecule has 2 nitrogen and oxygen atoms in total. The van der Waals surface area contributed by atoms with E-state index in [2.05, 4.69) is 5.32 Å². The summed E-state index contributed by atoms with van der Waals surface area (Å²) in [5.74, 6) is 0.126. The summed E-state index contributed by atoms with van der Waals surface area (Å²) in [6, 6.07) is 5.42. The summed E-state index contributed by atoms with van der Waals surface area (Å²) in [5.41, 5.74) is 1.69. The van der Waals surface area contributed by atoms with Crippen LogP contribution in [-0.2, 0) is 0 Å². The van der Waals surface area contributed by atoms with Gasteiger partial charge in [0.25, 0.3) is 0 Å². The molecular formula is C11H14ClNO. The lowest BCUT2D eigenvalue weighted by Gasteiger charge is -2.03. The fraction of sp³-hybridized carbons (Fsp3) is 0.364. The zero-order valence-electron chi connectivity index (χ0n) is 8.43. The summed E-state index contributed by atoms with van der Waals surface area (Å²) >= 11 is 5.92. The molecule has 0 aromatic heterocycles. The van der Waals surface area contributed by atoms with Crippen molar-refractivity contribution >= 4 is 17.4 Å². The molecule has 0 aliphatic carbocycles. The van der Waals surface area contributed by atoms with E-state index >= 15 is 0 Å². The maximum Gasteiger partial charge on any atom is 0.164 e. The molecule has 14 heavy (non-hydrogen) atoms. The number of hydrogen-bond acceptors (Lipinski definition) is 2. The van der Waals surface area contributed by atoms with Crippen LogP contribution in [0.4, 0.5) is 0 Å². The van der Waals surface area contributed by atoms with Crippen LogP contribution in [0.25, 0.3) is 0 Å². The monoisotopic (exact) mass is 211 g/mol. The first-order chi connectivity index (χ1) is 6.65. The number of aryl methyl sites for hydroxylation is 1. The number of carbonyl (C=O) groups excluding carboxylic acids is 1. The largest absolute Gasteiger partial charge is 0.319 e. The van der Waals surface area contributed by atoms with E-state index in [9.17, 15) is 4.79 Å². The molecule has 1 rings (SSSR count). The van der Waals surface area contributed by atoms with Gasteiger partial charge in [-0.05, 0) is 25.6 Å². The van der Waals surface area contributed by atoms with Gasteiger partial charge < -0.3 is 5.32 Å². The van der Waals surface area contributed by atoms with Crippen LogP contribution < -0.4 is 5.32 Å². The highest BCUT2D eigenvalue weighted by molar-refractivity contribution is 6.31. The van der Waals surface area contributed by atoms with Crippen molar-refractivity contribution in [2.24, 2.45) is 0 Å². The van der Waals surface area contributed by atoms with Crippen molar-refractivity contribution in [1.29, 1.82) is 0 Å². The molecule has 76 valence electrons. The van der Waals surface area contributed by atoms with Crippen molar-refractivity contribution in [3.05, 3.63) is 34.3 Å². The Hall–Kier alpha value is -0.860. The molecule has 0 atom stereocenters. The second-order valence-corrected chi connectivity index (χ2v) is 3.65. The van der Waals surface area contributed by atoms with Gasteiger partial charge in [-0.25, -0.2) is 0 Å². The topological polar surface area (TPSA) is 29.1 Å². The normalized spacial score (nSPS) is 10.2. The molecular weight excluding hydrogens is 198 g/mol. The van der Waals surface area contributed by atoms with E-state index < -0.39 is 0 Å². The van der Waals surface area contributed by atoms with Crippen molar-refractivity contribution < 1.29 is 4.79 Å². The Bertz CT molecular complexity index is 336. The summed E-state index contributed by atoms with van der Waals surface area (Å²) < 4.78 is 0. The van der Waals surface area contributed by atoms with Crippen LogP contribution in [0.5, 0.6) is 0 Å². The Labute approximate surface area is 89.3 Å². The van der Waals surface area contributed by atoms with Gasteiger partial charge in [0.05, 0.1) is 0 Å². The Balaban J connectivity index is 2.76. The molecule has 0 heterocycles. The number of nitrogens with one attached hydrogen (secondary N) is 1. The number of carbonyl (C=O) groups is 1. The smallest absolute Gasteiger partial charge is 0.164 e. The number of ketones is 1. The lowest BCUT2D eigenvalue weighted by Crippen LogP contribution is -2.13. The number of rotatable bonds is 4. The minimum Gasteiger partial charge on any atom is -0.319 e. The summed E-state index contributed by atoms with van der Waals surface area (Å²) in [7, 11) is 1.83. The number of hydrogen-bond donors (Lipinski definition) is 1. The van der Waals surface area contributed by atoms with Crippen LogP contribution in [0.15, 0.2) is 18.2 Å². The van der Waals surface area contributed by atoms with E-state index in [1.807, 2.05) is 26.1 Å². The van der Waals surface area contributed by atoms with Crippen molar-refractivity contribution in [3.8, 4) is 0 Å². The highest BCUT2D eigenvalue weighted by Crippen LogP contribution is 2.17. The van der Waals surface area contributed by atoms with Gasteiger partial charge in [0.15, 0.2) is 5.78 Å². The lowest BCUT2D eigenvalue weighted by atomic mass is 10.1. The molecule has 0 aliphatic rings. The van der Waals surface area contributed by atoms with Gasteiger partial charge in [-0.3, -0.25) is 4.79 Å². The van der Waals surface area contributed by atoms with Crippen LogP contribution in [0.3, 0.4) is 0 Å². The molecule has 0 radical (unpaired) electrons. The minimum absolute atomic E-state index is 0.126. The first-order valence-corrected chi connectivity index (χ1v) is 4.97. The molecule has 0 amide bonds. The van der Waals surface area contributed by atoms with Gasteiger partial charge in [0.2, 0.25) is 0 Å². The Morgan fingerprint density at radius 2 is 2.21 bits per heavy atom. The molecule has 1 aromatic rings. The van der Waals surface area contributed by atoms with E-state index in [0.29, 0.717) is 23.6 Å². The maximum atomic E-state index is 11.6. The molecule has 0 saturated heterocycles. The molecule has 3 heteroatoms. The van der Waals surface area contributed by atoms with Crippen LogP contribution in [0.2, 0.25) is 5.02 Å². The molecule has 0 saturated carbocycles. The molecule has 0 unspecified atom stereocenters. The quantitative estimate of drug-likeness (QED) is 0.776. The van der Waals surface area contributed by atoms with E-state index in [0.717, 1.165) is 5.56 Å². The standard InChI is InChI=1S/C11H14ClNO/c1-8-3-4-9(7-10(8)12)11(14)5-6-13-2/h3-4,7,13H,5-6H2,1-2H3. The van der Waals surface area contributed by atoms with Gasteiger partial charge in [-0.1, -0.05) is 23.7 Å². The van der Waals surface area contributed by atoms with Crippen molar-refractivity contribution in [2.75, 3.05) is 13.6 Å². The summed E-state index contributed by atoms with van der Waals surface area (Å²) in [6.07, 6.45) is 0.510. The summed E-state index contributed by atoms with van der Waals surface area (Å²) in [6.45, 7) is 2.62. The zero-order chi connectivity index (χ0) is 10.6. The summed E-state index contributed by atoms with van der Waals surface area (Å²) in [4.78, 5) is 11.6. The third kappa shape index (κ3) is 2.82.